The Morgan fingerprint density at radius 1 is 0.714 bits per heavy atom. The smallest absolute Gasteiger partial charge is 0.325 e. The Balaban J connectivity index is 0. The molecule has 0 heterocycles. The lowest BCUT2D eigenvalue weighted by Crippen LogP contribution is -1.88. The Labute approximate surface area is 131 Å². The van der Waals surface area contributed by atoms with E-state index in [2.05, 4.69) is 11.7 Å². The van der Waals surface area contributed by atoms with Crippen LogP contribution in [0.4, 0.5) is 0 Å². The van der Waals surface area contributed by atoms with E-state index in [4.69, 9.17) is 9.79 Å². The molecular formula is C16H37O4P. The van der Waals surface area contributed by atoms with Crippen LogP contribution in [-0.2, 0) is 9.30 Å². The van der Waals surface area contributed by atoms with Gasteiger partial charge in [0.1, 0.15) is 0 Å². The van der Waals surface area contributed by atoms with E-state index in [1.54, 1.807) is 14.2 Å². The van der Waals surface area contributed by atoms with E-state index in [9.17, 15) is 4.57 Å². The van der Waals surface area contributed by atoms with Crippen molar-refractivity contribution in [3.05, 3.63) is 0 Å². The second kappa shape index (κ2) is 18.2. The summed E-state index contributed by atoms with van der Waals surface area (Å²) in [6.07, 6.45) is 14.8. The fourth-order valence-electron chi connectivity index (χ4n) is 2.16. The van der Waals surface area contributed by atoms with Gasteiger partial charge in [-0.1, -0.05) is 77.6 Å². The van der Waals surface area contributed by atoms with Crippen molar-refractivity contribution in [2.45, 2.75) is 84.0 Å². The third kappa shape index (κ3) is 28.9. The third-order valence-electron chi connectivity index (χ3n) is 3.30. The highest BCUT2D eigenvalue weighted by Gasteiger charge is 2.10. The van der Waals surface area contributed by atoms with Gasteiger partial charge in [-0.2, -0.15) is 0 Å². The van der Waals surface area contributed by atoms with Crippen molar-refractivity contribution >= 4 is 7.60 Å². The van der Waals surface area contributed by atoms with Crippen LogP contribution in [0.3, 0.4) is 0 Å². The van der Waals surface area contributed by atoms with Gasteiger partial charge in [0.05, 0.1) is 0 Å². The minimum Gasteiger partial charge on any atom is -0.388 e. The molecule has 0 saturated heterocycles. The molecule has 0 amide bonds. The SMILES string of the molecule is CCCCCCCCCCCCCCP(=O)(O)O.COC. The van der Waals surface area contributed by atoms with Crippen LogP contribution in [0.2, 0.25) is 0 Å². The highest BCUT2D eigenvalue weighted by molar-refractivity contribution is 7.51. The fourth-order valence-corrected chi connectivity index (χ4v) is 2.79. The van der Waals surface area contributed by atoms with E-state index in [1.165, 1.54) is 57.8 Å². The number of unbranched alkanes of at least 4 members (excludes halogenated alkanes) is 11. The maximum atomic E-state index is 10.6. The minimum atomic E-state index is -3.75. The van der Waals surface area contributed by atoms with Gasteiger partial charge in [-0.05, 0) is 6.42 Å². The van der Waals surface area contributed by atoms with Crippen LogP contribution < -0.4 is 0 Å². The summed E-state index contributed by atoms with van der Waals surface area (Å²) < 4.78 is 14.9. The highest BCUT2D eigenvalue weighted by Crippen LogP contribution is 2.35. The summed E-state index contributed by atoms with van der Waals surface area (Å²) in [6.45, 7) is 2.24. The summed E-state index contributed by atoms with van der Waals surface area (Å²) >= 11 is 0. The van der Waals surface area contributed by atoms with Gasteiger partial charge in [0, 0.05) is 20.4 Å². The molecule has 0 aliphatic rings. The molecule has 0 aromatic heterocycles. The summed E-state index contributed by atoms with van der Waals surface area (Å²) in [7, 11) is -0.496. The average Bonchev–Trinajstić information content (AvgIpc) is 2.40. The Kier molecular flexibility index (Phi) is 20.2. The second-order valence-corrected chi connectivity index (χ2v) is 7.46. The van der Waals surface area contributed by atoms with Crippen LogP contribution in [0.1, 0.15) is 84.0 Å². The maximum Gasteiger partial charge on any atom is 0.325 e. The fraction of sp³-hybridized carbons (Fsp3) is 1.00. The number of hydrogen-bond donors (Lipinski definition) is 2. The standard InChI is InChI=1S/C14H31O3P.C2H6O/c1-2-3-4-5-6-7-8-9-10-11-12-13-14-18(15,16)17;1-3-2/h2-14H2,1H3,(H2,15,16,17);1-2H3. The summed E-state index contributed by atoms with van der Waals surface area (Å²) in [5.41, 5.74) is 0. The molecular weight excluding hydrogens is 287 g/mol. The number of rotatable bonds is 13. The lowest BCUT2D eigenvalue weighted by atomic mass is 10.1. The van der Waals surface area contributed by atoms with Crippen molar-refractivity contribution in [3.8, 4) is 0 Å². The Morgan fingerprint density at radius 2 is 1.00 bits per heavy atom. The number of ether oxygens (including phenoxy) is 1. The molecule has 4 nitrogen and oxygen atoms in total. The van der Waals surface area contributed by atoms with E-state index >= 15 is 0 Å². The molecule has 0 atom stereocenters. The summed E-state index contributed by atoms with van der Waals surface area (Å²) in [5.74, 6) is 0. The predicted molar refractivity (Wildman–Crippen MR) is 90.9 cm³/mol. The van der Waals surface area contributed by atoms with Crippen LogP contribution in [0.25, 0.3) is 0 Å². The van der Waals surface area contributed by atoms with Gasteiger partial charge in [-0.15, -0.1) is 0 Å². The van der Waals surface area contributed by atoms with Gasteiger partial charge in [0.2, 0.25) is 0 Å². The minimum absolute atomic E-state index is 0.0599. The van der Waals surface area contributed by atoms with Crippen LogP contribution >= 0.6 is 7.60 Å². The molecule has 0 fully saturated rings. The monoisotopic (exact) mass is 324 g/mol. The van der Waals surface area contributed by atoms with Gasteiger partial charge in [-0.3, -0.25) is 4.57 Å². The van der Waals surface area contributed by atoms with Crippen molar-refractivity contribution in [1.29, 1.82) is 0 Å². The molecule has 0 saturated carbocycles. The first-order valence-electron chi connectivity index (χ1n) is 8.42. The summed E-state index contributed by atoms with van der Waals surface area (Å²) in [6, 6.07) is 0. The number of methoxy groups -OCH3 is 1. The summed E-state index contributed by atoms with van der Waals surface area (Å²) in [5, 5.41) is 0. The van der Waals surface area contributed by atoms with Crippen molar-refractivity contribution in [1.82, 2.24) is 0 Å². The van der Waals surface area contributed by atoms with Gasteiger partial charge < -0.3 is 14.5 Å². The van der Waals surface area contributed by atoms with Crippen molar-refractivity contribution in [3.63, 3.8) is 0 Å². The molecule has 2 N–H and O–H groups in total. The molecule has 0 radical (unpaired) electrons. The first-order chi connectivity index (χ1) is 9.97. The number of hydrogen-bond acceptors (Lipinski definition) is 2. The third-order valence-corrected chi connectivity index (χ3v) is 4.20. The Hall–Kier alpha value is 0.110. The van der Waals surface area contributed by atoms with Gasteiger partial charge in [0.25, 0.3) is 0 Å². The van der Waals surface area contributed by atoms with Crippen LogP contribution in [-0.4, -0.2) is 30.2 Å². The van der Waals surface area contributed by atoms with Crippen LogP contribution in [0.15, 0.2) is 0 Å². The van der Waals surface area contributed by atoms with Gasteiger partial charge >= 0.3 is 7.60 Å². The Morgan fingerprint density at radius 3 is 1.29 bits per heavy atom. The van der Waals surface area contributed by atoms with E-state index in [1.807, 2.05) is 0 Å². The molecule has 21 heavy (non-hydrogen) atoms. The average molecular weight is 324 g/mol. The summed E-state index contributed by atoms with van der Waals surface area (Å²) in [4.78, 5) is 17.4. The highest BCUT2D eigenvalue weighted by atomic mass is 31.2. The maximum absolute atomic E-state index is 10.6. The molecule has 5 heteroatoms. The topological polar surface area (TPSA) is 66.8 Å². The lowest BCUT2D eigenvalue weighted by Gasteiger charge is -2.04. The van der Waals surface area contributed by atoms with Crippen LogP contribution in [0, 0.1) is 0 Å². The van der Waals surface area contributed by atoms with E-state index < -0.39 is 7.60 Å². The molecule has 0 unspecified atom stereocenters. The zero-order valence-electron chi connectivity index (χ0n) is 14.4. The molecule has 0 aromatic carbocycles. The van der Waals surface area contributed by atoms with Crippen LogP contribution in [0.5, 0.6) is 0 Å². The normalized spacial score (nSPS) is 11.1. The molecule has 0 bridgehead atoms. The molecule has 0 rings (SSSR count). The zero-order valence-corrected chi connectivity index (χ0v) is 15.2. The van der Waals surface area contributed by atoms with Crippen molar-refractivity contribution in [2.24, 2.45) is 0 Å². The first kappa shape index (κ1) is 23.4. The van der Waals surface area contributed by atoms with Gasteiger partial charge in [0.15, 0.2) is 0 Å². The largest absolute Gasteiger partial charge is 0.388 e. The quantitative estimate of drug-likeness (QED) is 0.364. The van der Waals surface area contributed by atoms with E-state index in [0.717, 1.165) is 12.8 Å². The second-order valence-electron chi connectivity index (χ2n) is 5.69. The Bertz CT molecular complexity index is 228. The molecule has 0 aliphatic heterocycles. The zero-order chi connectivity index (χ0) is 16.4. The van der Waals surface area contributed by atoms with Crippen molar-refractivity contribution < 1.29 is 19.1 Å². The van der Waals surface area contributed by atoms with Gasteiger partial charge in [-0.25, -0.2) is 0 Å². The first-order valence-corrected chi connectivity index (χ1v) is 10.2. The molecule has 0 aliphatic carbocycles. The van der Waals surface area contributed by atoms with E-state index in [0.29, 0.717) is 6.42 Å². The van der Waals surface area contributed by atoms with Crippen molar-refractivity contribution in [2.75, 3.05) is 20.4 Å². The predicted octanol–water partition coefficient (Wildman–Crippen LogP) is 5.13. The lowest BCUT2D eigenvalue weighted by molar-refractivity contribution is 0.277. The molecule has 0 spiro atoms. The molecule has 0 aromatic rings. The van der Waals surface area contributed by atoms with E-state index in [-0.39, 0.29) is 6.16 Å². The molecule has 130 valence electrons.